The molecule has 3 aromatic heterocycles. The number of hydrogen-bond donors (Lipinski definition) is 4. The molecule has 1 aliphatic rings. The van der Waals surface area contributed by atoms with Crippen molar-refractivity contribution in [3.8, 4) is 17.1 Å². The van der Waals surface area contributed by atoms with Crippen LogP contribution < -0.4 is 26.4 Å². The molecule has 4 atom stereocenters. The third-order valence-corrected chi connectivity index (χ3v) is 8.53. The van der Waals surface area contributed by atoms with E-state index < -0.39 is 59.2 Å². The molecule has 1 aliphatic heterocycles. The number of nitrogens with two attached hydrogens (primary N) is 1. The summed E-state index contributed by atoms with van der Waals surface area (Å²) in [5, 5.41) is 9.82. The van der Waals surface area contributed by atoms with Crippen LogP contribution in [0.3, 0.4) is 0 Å². The summed E-state index contributed by atoms with van der Waals surface area (Å²) in [7, 11) is 0. The highest BCUT2D eigenvalue weighted by molar-refractivity contribution is 7.17. The van der Waals surface area contributed by atoms with Crippen molar-refractivity contribution >= 4 is 51.1 Å². The van der Waals surface area contributed by atoms with Crippen LogP contribution in [0.2, 0.25) is 0 Å². The topological polar surface area (TPSA) is 186 Å². The van der Waals surface area contributed by atoms with Gasteiger partial charge in [-0.2, -0.15) is 0 Å². The minimum absolute atomic E-state index is 0.00358. The van der Waals surface area contributed by atoms with Gasteiger partial charge < -0.3 is 31.3 Å². The van der Waals surface area contributed by atoms with Gasteiger partial charge in [0.25, 0.3) is 5.91 Å². The first kappa shape index (κ1) is 35.0. The molecule has 0 unspecified atom stereocenters. The molecule has 0 spiro atoms. The van der Waals surface area contributed by atoms with Gasteiger partial charge in [-0.05, 0) is 42.3 Å². The Morgan fingerprint density at radius 2 is 1.89 bits per heavy atom. The smallest absolute Gasteiger partial charge is 0.319 e. The molecule has 1 fully saturated rings. The molecule has 3 aromatic rings. The molecule has 13 nitrogen and oxygen atoms in total. The fourth-order valence-corrected chi connectivity index (χ4v) is 6.18. The quantitative estimate of drug-likeness (QED) is 0.213. The van der Waals surface area contributed by atoms with Crippen LogP contribution in [-0.4, -0.2) is 75.2 Å². The van der Waals surface area contributed by atoms with Gasteiger partial charge in [-0.1, -0.05) is 46.8 Å². The lowest BCUT2D eigenvalue weighted by atomic mass is 9.85. The Morgan fingerprint density at radius 3 is 2.51 bits per heavy atom. The highest BCUT2D eigenvalue weighted by Gasteiger charge is 2.46. The zero-order valence-electron chi connectivity index (χ0n) is 27.2. The SMILES string of the molecule is C=C(C)NC(=O)N[C@H](C(=O)N1C[C@H](Oc2cc(-c3ccccn3)nc3ccsc23)C[C@H]1C(=O)N[C@@H](CCC)C(=O)C(N)=O)C(C)(C)C. The predicted molar refractivity (Wildman–Crippen MR) is 178 cm³/mol. The number of thiophene rings is 1. The van der Waals surface area contributed by atoms with Gasteiger partial charge in [-0.25, -0.2) is 9.78 Å². The summed E-state index contributed by atoms with van der Waals surface area (Å²) in [6, 6.07) is 5.27. The molecular formula is C33H41N7O6S. The number of fused-ring (bicyclic) bond motifs is 1. The third-order valence-electron chi connectivity index (χ3n) is 7.61. The molecule has 0 aromatic carbocycles. The highest BCUT2D eigenvalue weighted by atomic mass is 32.1. The maximum Gasteiger partial charge on any atom is 0.319 e. The number of pyridine rings is 2. The number of rotatable bonds is 12. The summed E-state index contributed by atoms with van der Waals surface area (Å²) in [4.78, 5) is 75.5. The average molecular weight is 664 g/mol. The van der Waals surface area contributed by atoms with Crippen molar-refractivity contribution in [2.45, 2.75) is 78.1 Å². The number of hydrogen-bond acceptors (Lipinski definition) is 9. The summed E-state index contributed by atoms with van der Waals surface area (Å²) < 4.78 is 7.31. The number of amides is 5. The molecule has 250 valence electrons. The second kappa shape index (κ2) is 14.7. The summed E-state index contributed by atoms with van der Waals surface area (Å²) >= 11 is 1.44. The van der Waals surface area contributed by atoms with Crippen molar-refractivity contribution in [2.24, 2.45) is 11.1 Å². The fraction of sp³-hybridized carbons (Fsp3) is 0.424. The molecule has 0 saturated carbocycles. The number of nitrogens with zero attached hydrogens (tertiary/aromatic N) is 3. The maximum atomic E-state index is 14.3. The van der Waals surface area contributed by atoms with E-state index in [4.69, 9.17) is 15.5 Å². The number of ether oxygens (including phenoxy) is 1. The average Bonchev–Trinajstić information content (AvgIpc) is 3.66. The number of carbonyl (C=O) groups excluding carboxylic acids is 5. The van der Waals surface area contributed by atoms with Crippen molar-refractivity contribution in [3.05, 3.63) is 54.2 Å². The summed E-state index contributed by atoms with van der Waals surface area (Å²) in [6.07, 6.45) is 1.77. The predicted octanol–water partition coefficient (Wildman–Crippen LogP) is 3.29. The van der Waals surface area contributed by atoms with E-state index in [1.54, 1.807) is 46.9 Å². The number of urea groups is 1. The zero-order valence-corrected chi connectivity index (χ0v) is 28.0. The number of ketones is 1. The van der Waals surface area contributed by atoms with E-state index >= 15 is 0 Å². The van der Waals surface area contributed by atoms with Crippen LogP contribution in [-0.2, 0) is 19.2 Å². The Labute approximate surface area is 277 Å². The summed E-state index contributed by atoms with van der Waals surface area (Å²) in [6.45, 7) is 12.5. The molecule has 0 aliphatic carbocycles. The van der Waals surface area contributed by atoms with Gasteiger partial charge >= 0.3 is 6.03 Å². The monoisotopic (exact) mass is 663 g/mol. The van der Waals surface area contributed by atoms with Crippen LogP contribution in [0.1, 0.15) is 53.9 Å². The molecule has 4 rings (SSSR count). The first-order valence-corrected chi connectivity index (χ1v) is 16.2. The van der Waals surface area contributed by atoms with Crippen LogP contribution in [0.5, 0.6) is 5.75 Å². The number of Topliss-reactive ketones (excluding diaryl/α,β-unsaturated/α-hetero) is 1. The lowest BCUT2D eigenvalue weighted by molar-refractivity contribution is -0.143. The number of primary amides is 1. The Morgan fingerprint density at radius 1 is 1.15 bits per heavy atom. The van der Waals surface area contributed by atoms with Crippen molar-refractivity contribution in [2.75, 3.05) is 6.54 Å². The van der Waals surface area contributed by atoms with Gasteiger partial charge in [-0.15, -0.1) is 11.3 Å². The van der Waals surface area contributed by atoms with E-state index in [9.17, 15) is 24.0 Å². The van der Waals surface area contributed by atoms with Gasteiger partial charge in [0.15, 0.2) is 0 Å². The molecule has 5 amide bonds. The zero-order chi connectivity index (χ0) is 34.5. The van der Waals surface area contributed by atoms with E-state index in [0.29, 0.717) is 34.8 Å². The minimum Gasteiger partial charge on any atom is -0.487 e. The van der Waals surface area contributed by atoms with E-state index in [2.05, 4.69) is 27.5 Å². The normalized spacial score (nSPS) is 17.4. The molecular weight excluding hydrogens is 622 g/mol. The van der Waals surface area contributed by atoms with Crippen LogP contribution >= 0.6 is 11.3 Å². The highest BCUT2D eigenvalue weighted by Crippen LogP contribution is 2.36. The minimum atomic E-state index is -1.16. The first-order chi connectivity index (χ1) is 22.2. The van der Waals surface area contributed by atoms with E-state index in [-0.39, 0.29) is 19.4 Å². The van der Waals surface area contributed by atoms with Crippen LogP contribution in [0.15, 0.2) is 54.2 Å². The molecule has 5 N–H and O–H groups in total. The van der Waals surface area contributed by atoms with E-state index in [1.165, 1.54) is 16.2 Å². The maximum absolute atomic E-state index is 14.3. The molecule has 4 heterocycles. The van der Waals surface area contributed by atoms with E-state index in [0.717, 1.165) is 4.70 Å². The van der Waals surface area contributed by atoms with E-state index in [1.807, 2.05) is 29.6 Å². The number of carbonyl (C=O) groups is 5. The second-order valence-corrected chi connectivity index (χ2v) is 13.5. The summed E-state index contributed by atoms with van der Waals surface area (Å²) in [5.74, 6) is -2.72. The first-order valence-electron chi connectivity index (χ1n) is 15.3. The second-order valence-electron chi connectivity index (χ2n) is 12.6. The molecule has 0 radical (unpaired) electrons. The van der Waals surface area contributed by atoms with Gasteiger partial charge in [0.1, 0.15) is 23.9 Å². The molecule has 14 heteroatoms. The van der Waals surface area contributed by atoms with Crippen molar-refractivity contribution < 1.29 is 28.7 Å². The Balaban J connectivity index is 1.69. The van der Waals surface area contributed by atoms with Crippen LogP contribution in [0, 0.1) is 5.41 Å². The number of allylic oxidation sites excluding steroid dienone is 1. The standard InChI is InChI=1S/C33H41N7O6S/c1-7-10-21(26(41)29(34)42)38-30(43)24-15-19(17-40(24)31(44)28(33(4,5)6)39-32(45)36-18(2)3)46-25-16-23(20-11-8-9-13-35-20)37-22-12-14-47-27(22)25/h8-9,11-14,16,19,21,24,28H,2,7,10,15,17H2,1,3-6H3,(H2,34,42)(H,38,43)(H2,36,39,45)/t19-,21+,24+,28-/m1/s1. The third kappa shape index (κ3) is 8.50. The van der Waals surface area contributed by atoms with Crippen molar-refractivity contribution in [1.29, 1.82) is 0 Å². The van der Waals surface area contributed by atoms with Gasteiger partial charge in [0.2, 0.25) is 17.6 Å². The number of nitrogens with one attached hydrogen (secondary N) is 3. The lowest BCUT2D eigenvalue weighted by Gasteiger charge is -2.35. The Kier molecular flexibility index (Phi) is 11.0. The van der Waals surface area contributed by atoms with Gasteiger partial charge in [-0.3, -0.25) is 24.2 Å². The van der Waals surface area contributed by atoms with Gasteiger partial charge in [0, 0.05) is 24.4 Å². The van der Waals surface area contributed by atoms with Crippen molar-refractivity contribution in [3.63, 3.8) is 0 Å². The van der Waals surface area contributed by atoms with Crippen LogP contribution in [0.4, 0.5) is 4.79 Å². The van der Waals surface area contributed by atoms with Crippen LogP contribution in [0.25, 0.3) is 21.6 Å². The Hall–Kier alpha value is -4.85. The largest absolute Gasteiger partial charge is 0.487 e. The lowest BCUT2D eigenvalue weighted by Crippen LogP contribution is -2.59. The number of likely N-dealkylation sites (tertiary alicyclic amines) is 1. The fourth-order valence-electron chi connectivity index (χ4n) is 5.39. The molecule has 1 saturated heterocycles. The van der Waals surface area contributed by atoms with Crippen molar-refractivity contribution in [1.82, 2.24) is 30.8 Å². The Bertz CT molecular complexity index is 1670. The van der Waals surface area contributed by atoms with Gasteiger partial charge in [0.05, 0.1) is 34.2 Å². The molecule has 47 heavy (non-hydrogen) atoms. The summed E-state index contributed by atoms with van der Waals surface area (Å²) in [5.41, 5.74) is 6.84. The molecule has 0 bridgehead atoms. The number of aromatic nitrogens is 2.